The van der Waals surface area contributed by atoms with Gasteiger partial charge < -0.3 is 21.9 Å². The molecule has 0 amide bonds. The van der Waals surface area contributed by atoms with Crippen molar-refractivity contribution < 1.29 is 17.9 Å². The van der Waals surface area contributed by atoms with E-state index in [-0.39, 0.29) is 23.9 Å². The zero-order valence-corrected chi connectivity index (χ0v) is 13.3. The molecule has 0 bridgehead atoms. The number of ether oxygens (including phenoxy) is 1. The number of hydrogen-bond donors (Lipinski definition) is 3. The van der Waals surface area contributed by atoms with Gasteiger partial charge in [-0.15, -0.1) is 0 Å². The summed E-state index contributed by atoms with van der Waals surface area (Å²) < 4.78 is 44.5. The average Bonchev–Trinajstić information content (AvgIpc) is 2.57. The van der Waals surface area contributed by atoms with Crippen LogP contribution in [0.5, 0.6) is 5.75 Å². The van der Waals surface area contributed by atoms with Crippen LogP contribution in [0.3, 0.4) is 0 Å². The third-order valence-electron chi connectivity index (χ3n) is 3.31. The summed E-state index contributed by atoms with van der Waals surface area (Å²) in [5.74, 6) is 0.0537. The van der Waals surface area contributed by atoms with Crippen molar-refractivity contribution in [3.8, 4) is 5.75 Å². The molecule has 0 unspecified atom stereocenters. The van der Waals surface area contributed by atoms with Gasteiger partial charge in [0, 0.05) is 11.3 Å². The van der Waals surface area contributed by atoms with Gasteiger partial charge in [0.1, 0.15) is 12.4 Å². The van der Waals surface area contributed by atoms with Crippen LogP contribution >= 0.6 is 0 Å². The van der Waals surface area contributed by atoms with Crippen molar-refractivity contribution in [1.29, 1.82) is 0 Å². The fourth-order valence-electron chi connectivity index (χ4n) is 2.07. The molecule has 0 aromatic heterocycles. The third-order valence-corrected chi connectivity index (χ3v) is 3.31. The van der Waals surface area contributed by atoms with Crippen LogP contribution in [0.2, 0.25) is 0 Å². The van der Waals surface area contributed by atoms with Gasteiger partial charge in [-0.1, -0.05) is 30.3 Å². The standard InChI is InChI=1S/C18H18F3N3O/c19-18(20,21)13-6-7-14(15(22)8-9-17(23)24)16(10-13)25-11-12-4-2-1-3-5-12/h1-10H,11,22-24H2/b15-8-. The molecule has 0 saturated carbocycles. The number of alkyl halides is 3. The second kappa shape index (κ2) is 7.65. The normalized spacial score (nSPS) is 11.9. The quantitative estimate of drug-likeness (QED) is 0.723. The van der Waals surface area contributed by atoms with E-state index < -0.39 is 11.7 Å². The Labute approximate surface area is 143 Å². The lowest BCUT2D eigenvalue weighted by Gasteiger charge is -2.15. The lowest BCUT2D eigenvalue weighted by molar-refractivity contribution is -0.137. The summed E-state index contributed by atoms with van der Waals surface area (Å²) in [6, 6.07) is 12.2. The second-order valence-electron chi connectivity index (χ2n) is 5.27. The Kier molecular flexibility index (Phi) is 5.59. The molecule has 0 fully saturated rings. The average molecular weight is 349 g/mol. The molecular formula is C18H18F3N3O. The summed E-state index contributed by atoms with van der Waals surface area (Å²) in [6.07, 6.45) is -1.72. The molecular weight excluding hydrogens is 331 g/mol. The van der Waals surface area contributed by atoms with E-state index in [9.17, 15) is 13.2 Å². The van der Waals surface area contributed by atoms with Gasteiger partial charge in [-0.2, -0.15) is 13.2 Å². The first-order valence-corrected chi connectivity index (χ1v) is 7.34. The fraction of sp³-hybridized carbons (Fsp3) is 0.111. The predicted molar refractivity (Wildman–Crippen MR) is 90.8 cm³/mol. The number of allylic oxidation sites excluding steroid dienone is 2. The third kappa shape index (κ3) is 5.20. The van der Waals surface area contributed by atoms with Crippen molar-refractivity contribution >= 4 is 5.70 Å². The maximum Gasteiger partial charge on any atom is 0.416 e. The summed E-state index contributed by atoms with van der Waals surface area (Å²) in [5.41, 5.74) is 17.1. The first-order valence-electron chi connectivity index (χ1n) is 7.34. The van der Waals surface area contributed by atoms with Crippen molar-refractivity contribution in [2.45, 2.75) is 12.8 Å². The Morgan fingerprint density at radius 2 is 1.64 bits per heavy atom. The molecule has 0 atom stereocenters. The van der Waals surface area contributed by atoms with Crippen molar-refractivity contribution in [2.24, 2.45) is 17.2 Å². The van der Waals surface area contributed by atoms with Gasteiger partial charge in [-0.25, -0.2) is 0 Å². The molecule has 0 spiro atoms. The zero-order valence-electron chi connectivity index (χ0n) is 13.3. The van der Waals surface area contributed by atoms with Gasteiger partial charge in [0.2, 0.25) is 0 Å². The van der Waals surface area contributed by atoms with Crippen molar-refractivity contribution in [2.75, 3.05) is 0 Å². The predicted octanol–water partition coefficient (Wildman–Crippen LogP) is 3.34. The second-order valence-corrected chi connectivity index (χ2v) is 5.27. The minimum absolute atomic E-state index is 0.0245. The molecule has 0 heterocycles. The Morgan fingerprint density at radius 1 is 0.960 bits per heavy atom. The van der Waals surface area contributed by atoms with Crippen LogP contribution in [0, 0.1) is 0 Å². The van der Waals surface area contributed by atoms with Crippen LogP contribution in [0.4, 0.5) is 13.2 Å². The highest BCUT2D eigenvalue weighted by molar-refractivity contribution is 5.70. The molecule has 25 heavy (non-hydrogen) atoms. The van der Waals surface area contributed by atoms with Crippen molar-refractivity contribution in [1.82, 2.24) is 0 Å². The van der Waals surface area contributed by atoms with Crippen LogP contribution in [0.15, 0.2) is 66.5 Å². The highest BCUT2D eigenvalue weighted by atomic mass is 19.4. The Bertz CT molecular complexity index is 780. The van der Waals surface area contributed by atoms with Gasteiger partial charge in [0.05, 0.1) is 11.4 Å². The van der Waals surface area contributed by atoms with Gasteiger partial charge in [0.25, 0.3) is 0 Å². The molecule has 2 aromatic rings. The van der Waals surface area contributed by atoms with Crippen LogP contribution < -0.4 is 21.9 Å². The van der Waals surface area contributed by atoms with E-state index in [1.165, 1.54) is 18.2 Å². The Balaban J connectivity index is 2.37. The maximum atomic E-state index is 13.0. The van der Waals surface area contributed by atoms with Crippen LogP contribution in [-0.2, 0) is 12.8 Å². The van der Waals surface area contributed by atoms with Crippen LogP contribution in [0.25, 0.3) is 5.70 Å². The van der Waals surface area contributed by atoms with Gasteiger partial charge >= 0.3 is 6.18 Å². The highest BCUT2D eigenvalue weighted by Gasteiger charge is 2.31. The van der Waals surface area contributed by atoms with E-state index in [1.54, 1.807) is 0 Å². The lowest BCUT2D eigenvalue weighted by Crippen LogP contribution is -2.09. The smallest absolute Gasteiger partial charge is 0.416 e. The van der Waals surface area contributed by atoms with Gasteiger partial charge in [-0.3, -0.25) is 0 Å². The topological polar surface area (TPSA) is 87.3 Å². The molecule has 132 valence electrons. The molecule has 6 N–H and O–H groups in total. The summed E-state index contributed by atoms with van der Waals surface area (Å²) in [6.45, 7) is 0.108. The molecule has 0 aliphatic carbocycles. The highest BCUT2D eigenvalue weighted by Crippen LogP contribution is 2.34. The SMILES string of the molecule is NC(N)=C/C=C(\N)c1ccc(C(F)(F)F)cc1OCc1ccccc1. The minimum Gasteiger partial charge on any atom is -0.488 e. The first kappa shape index (κ1) is 18.3. The van der Waals surface area contributed by atoms with E-state index in [0.29, 0.717) is 5.56 Å². The summed E-state index contributed by atoms with van der Waals surface area (Å²) >= 11 is 0. The number of hydrogen-bond acceptors (Lipinski definition) is 4. The van der Waals surface area contributed by atoms with Gasteiger partial charge in [-0.05, 0) is 35.9 Å². The van der Waals surface area contributed by atoms with Crippen LogP contribution in [0.1, 0.15) is 16.7 Å². The van der Waals surface area contributed by atoms with Crippen molar-refractivity contribution in [3.63, 3.8) is 0 Å². The molecule has 2 aromatic carbocycles. The number of nitrogens with two attached hydrogens (primary N) is 3. The first-order chi connectivity index (χ1) is 11.8. The van der Waals surface area contributed by atoms with E-state index in [2.05, 4.69) is 0 Å². The van der Waals surface area contributed by atoms with Crippen molar-refractivity contribution in [3.05, 3.63) is 83.2 Å². The molecule has 4 nitrogen and oxygen atoms in total. The number of rotatable bonds is 5. The summed E-state index contributed by atoms with van der Waals surface area (Å²) in [7, 11) is 0. The number of benzene rings is 2. The molecule has 0 aliphatic heterocycles. The Morgan fingerprint density at radius 3 is 2.24 bits per heavy atom. The molecule has 0 aliphatic rings. The summed E-state index contributed by atoms with van der Waals surface area (Å²) in [5, 5.41) is 0. The minimum atomic E-state index is -4.48. The van der Waals surface area contributed by atoms with E-state index in [1.807, 2.05) is 30.3 Å². The lowest BCUT2D eigenvalue weighted by atomic mass is 10.1. The fourth-order valence-corrected chi connectivity index (χ4v) is 2.07. The molecule has 0 radical (unpaired) electrons. The Hall–Kier alpha value is -3.09. The maximum absolute atomic E-state index is 13.0. The number of halogens is 3. The van der Waals surface area contributed by atoms with Gasteiger partial charge in [0.15, 0.2) is 0 Å². The monoisotopic (exact) mass is 349 g/mol. The molecule has 2 rings (SSSR count). The molecule has 0 saturated heterocycles. The largest absolute Gasteiger partial charge is 0.488 e. The van der Waals surface area contributed by atoms with Crippen LogP contribution in [-0.4, -0.2) is 0 Å². The summed E-state index contributed by atoms with van der Waals surface area (Å²) in [4.78, 5) is 0. The van der Waals surface area contributed by atoms with E-state index in [4.69, 9.17) is 21.9 Å². The molecule has 7 heteroatoms. The van der Waals surface area contributed by atoms with E-state index in [0.717, 1.165) is 17.7 Å². The zero-order chi connectivity index (χ0) is 18.4. The van der Waals surface area contributed by atoms with E-state index >= 15 is 0 Å².